The summed E-state index contributed by atoms with van der Waals surface area (Å²) in [5, 5.41) is 8.24. The molecule has 26 heavy (non-hydrogen) atoms. The van der Waals surface area contributed by atoms with Gasteiger partial charge in [-0.3, -0.25) is 0 Å². The molecule has 0 spiro atoms. The van der Waals surface area contributed by atoms with Crippen molar-refractivity contribution in [3.8, 4) is 0 Å². The summed E-state index contributed by atoms with van der Waals surface area (Å²) in [6.45, 7) is 15.0. The Hall–Kier alpha value is -0.0800. The second kappa shape index (κ2) is 7.07. The molecule has 4 aliphatic rings. The molecule has 10 unspecified atom stereocenters. The Kier molecular flexibility index (Phi) is 5.23. The lowest BCUT2D eigenvalue weighted by Gasteiger charge is -2.56. The van der Waals surface area contributed by atoms with Gasteiger partial charge in [-0.25, -0.2) is 0 Å². The summed E-state index contributed by atoms with van der Waals surface area (Å²) < 4.78 is 0. The zero-order valence-corrected chi connectivity index (χ0v) is 18.2. The highest BCUT2D eigenvalue weighted by Crippen LogP contribution is 2.48. The van der Waals surface area contributed by atoms with Crippen molar-refractivity contribution in [2.75, 3.05) is 0 Å². The number of piperidine rings is 2. The van der Waals surface area contributed by atoms with Crippen LogP contribution in [0.25, 0.3) is 0 Å². The first-order chi connectivity index (χ1) is 12.3. The molecule has 0 radical (unpaired) electrons. The van der Waals surface area contributed by atoms with Crippen molar-refractivity contribution in [2.24, 2.45) is 41.4 Å². The summed E-state index contributed by atoms with van der Waals surface area (Å²) in [6, 6.07) is 2.33. The fourth-order valence-corrected chi connectivity index (χ4v) is 8.05. The second-order valence-corrected chi connectivity index (χ2v) is 11.6. The lowest BCUT2D eigenvalue weighted by atomic mass is 9.58. The molecule has 150 valence electrons. The normalized spacial score (nSPS) is 54.2. The van der Waals surface area contributed by atoms with Crippen molar-refractivity contribution < 1.29 is 0 Å². The molecule has 2 saturated heterocycles. The third kappa shape index (κ3) is 3.39. The third-order valence-electron chi connectivity index (χ3n) is 9.29. The topological polar surface area (TPSA) is 24.1 Å². The zero-order chi connectivity index (χ0) is 18.6. The van der Waals surface area contributed by atoms with Gasteiger partial charge in [-0.2, -0.15) is 0 Å². The molecule has 2 heterocycles. The van der Waals surface area contributed by atoms with Crippen LogP contribution in [0.3, 0.4) is 0 Å². The van der Waals surface area contributed by atoms with E-state index in [0.717, 1.165) is 59.6 Å². The second-order valence-electron chi connectivity index (χ2n) is 11.6. The Balaban J connectivity index is 1.47. The summed E-state index contributed by atoms with van der Waals surface area (Å²) in [7, 11) is 0. The Morgan fingerprint density at radius 2 is 1.58 bits per heavy atom. The van der Waals surface area contributed by atoms with E-state index in [-0.39, 0.29) is 0 Å². The van der Waals surface area contributed by atoms with E-state index in [1.807, 2.05) is 0 Å². The molecule has 2 heteroatoms. The standard InChI is InChI=1S/C24H44N2/c1-14-8-7-9-21-22(14)16(3)17(4)23(25-21)18-10-11-20-19(12-18)15(2)13-24(5,6)26-20/h14-23,25-26H,7-13H2,1-6H3. The Bertz CT molecular complexity index is 498. The SMILES string of the molecule is CC1CC(C)(C)NC2CCC(C3NC4CCCC(C)C4C(C)C3C)CC12. The largest absolute Gasteiger partial charge is 0.310 e. The molecule has 4 rings (SSSR count). The molecule has 0 bridgehead atoms. The number of fused-ring (bicyclic) bond motifs is 2. The highest BCUT2D eigenvalue weighted by Gasteiger charge is 2.49. The van der Waals surface area contributed by atoms with Gasteiger partial charge in [-0.05, 0) is 87.4 Å². The molecule has 0 amide bonds. The van der Waals surface area contributed by atoms with Gasteiger partial charge in [-0.1, -0.05) is 40.5 Å². The molecule has 2 aliphatic heterocycles. The molecule has 0 aromatic heterocycles. The van der Waals surface area contributed by atoms with E-state index in [1.165, 1.54) is 44.9 Å². The van der Waals surface area contributed by atoms with E-state index >= 15 is 0 Å². The number of nitrogens with one attached hydrogen (secondary N) is 2. The maximum Gasteiger partial charge on any atom is 0.0130 e. The van der Waals surface area contributed by atoms with Crippen LogP contribution in [-0.4, -0.2) is 23.7 Å². The fraction of sp³-hybridized carbons (Fsp3) is 1.00. The van der Waals surface area contributed by atoms with E-state index in [2.05, 4.69) is 52.2 Å². The van der Waals surface area contributed by atoms with E-state index in [1.54, 1.807) is 0 Å². The predicted octanol–water partition coefficient (Wildman–Crippen LogP) is 5.23. The Morgan fingerprint density at radius 1 is 0.808 bits per heavy atom. The first-order valence-electron chi connectivity index (χ1n) is 11.8. The minimum atomic E-state index is 0.337. The van der Waals surface area contributed by atoms with E-state index < -0.39 is 0 Å². The third-order valence-corrected chi connectivity index (χ3v) is 9.29. The van der Waals surface area contributed by atoms with Gasteiger partial charge < -0.3 is 10.6 Å². The smallest absolute Gasteiger partial charge is 0.0130 e. The van der Waals surface area contributed by atoms with Crippen LogP contribution < -0.4 is 10.6 Å². The molecule has 2 N–H and O–H groups in total. The van der Waals surface area contributed by atoms with Gasteiger partial charge in [0.15, 0.2) is 0 Å². The number of hydrogen-bond donors (Lipinski definition) is 2. The van der Waals surface area contributed by atoms with E-state index in [4.69, 9.17) is 0 Å². The van der Waals surface area contributed by atoms with Crippen LogP contribution in [0.4, 0.5) is 0 Å². The maximum atomic E-state index is 4.24. The molecule has 4 fully saturated rings. The van der Waals surface area contributed by atoms with E-state index in [9.17, 15) is 0 Å². The highest BCUT2D eigenvalue weighted by molar-refractivity contribution is 5.04. The molecule has 2 nitrogen and oxygen atoms in total. The maximum absolute atomic E-state index is 4.24. The summed E-state index contributed by atoms with van der Waals surface area (Å²) in [6.07, 6.45) is 9.94. The van der Waals surface area contributed by atoms with Crippen LogP contribution in [0.1, 0.15) is 86.5 Å². The van der Waals surface area contributed by atoms with Gasteiger partial charge in [0.2, 0.25) is 0 Å². The number of rotatable bonds is 1. The molecular formula is C24H44N2. The first-order valence-corrected chi connectivity index (χ1v) is 11.8. The molecule has 0 aromatic carbocycles. The molecule has 0 aromatic rings. The van der Waals surface area contributed by atoms with Gasteiger partial charge in [-0.15, -0.1) is 0 Å². The lowest BCUT2D eigenvalue weighted by molar-refractivity contribution is -0.0122. The molecule has 2 aliphatic carbocycles. The number of hydrogen-bond acceptors (Lipinski definition) is 2. The summed E-state index contributed by atoms with van der Waals surface area (Å²) in [4.78, 5) is 0. The van der Waals surface area contributed by atoms with Crippen LogP contribution in [0.15, 0.2) is 0 Å². The average Bonchev–Trinajstić information content (AvgIpc) is 2.57. The van der Waals surface area contributed by atoms with Crippen LogP contribution >= 0.6 is 0 Å². The monoisotopic (exact) mass is 360 g/mol. The van der Waals surface area contributed by atoms with Crippen molar-refractivity contribution in [1.29, 1.82) is 0 Å². The van der Waals surface area contributed by atoms with E-state index in [0.29, 0.717) is 5.54 Å². The van der Waals surface area contributed by atoms with Gasteiger partial charge in [0, 0.05) is 23.7 Å². The van der Waals surface area contributed by atoms with Gasteiger partial charge in [0.25, 0.3) is 0 Å². The predicted molar refractivity (Wildman–Crippen MR) is 111 cm³/mol. The molecular weight excluding hydrogens is 316 g/mol. The van der Waals surface area contributed by atoms with Crippen molar-refractivity contribution >= 4 is 0 Å². The van der Waals surface area contributed by atoms with Gasteiger partial charge in [0.05, 0.1) is 0 Å². The van der Waals surface area contributed by atoms with Crippen LogP contribution in [0.5, 0.6) is 0 Å². The zero-order valence-electron chi connectivity index (χ0n) is 18.2. The van der Waals surface area contributed by atoms with Crippen molar-refractivity contribution in [3.63, 3.8) is 0 Å². The van der Waals surface area contributed by atoms with Crippen molar-refractivity contribution in [3.05, 3.63) is 0 Å². The van der Waals surface area contributed by atoms with Crippen LogP contribution in [0, 0.1) is 41.4 Å². The Morgan fingerprint density at radius 3 is 2.35 bits per heavy atom. The fourth-order valence-electron chi connectivity index (χ4n) is 8.05. The van der Waals surface area contributed by atoms with Crippen molar-refractivity contribution in [2.45, 2.75) is 110 Å². The summed E-state index contributed by atoms with van der Waals surface area (Å²) in [5.74, 6) is 6.23. The highest BCUT2D eigenvalue weighted by atomic mass is 15.0. The van der Waals surface area contributed by atoms with Gasteiger partial charge in [0.1, 0.15) is 0 Å². The quantitative estimate of drug-likeness (QED) is 0.669. The van der Waals surface area contributed by atoms with Gasteiger partial charge >= 0.3 is 0 Å². The minimum Gasteiger partial charge on any atom is -0.310 e. The average molecular weight is 361 g/mol. The van der Waals surface area contributed by atoms with Crippen LogP contribution in [-0.2, 0) is 0 Å². The first kappa shape index (κ1) is 19.2. The summed E-state index contributed by atoms with van der Waals surface area (Å²) >= 11 is 0. The molecule has 10 atom stereocenters. The Labute approximate surface area is 162 Å². The van der Waals surface area contributed by atoms with Crippen molar-refractivity contribution in [1.82, 2.24) is 10.6 Å². The lowest BCUT2D eigenvalue weighted by Crippen LogP contribution is -2.63. The molecule has 2 saturated carbocycles. The minimum absolute atomic E-state index is 0.337. The van der Waals surface area contributed by atoms with Crippen LogP contribution in [0.2, 0.25) is 0 Å². The summed E-state index contributed by atoms with van der Waals surface area (Å²) in [5.41, 5.74) is 0.337.